The fraction of sp³-hybridized carbons (Fsp3) is 0.233. The van der Waals surface area contributed by atoms with Gasteiger partial charge in [-0.3, -0.25) is 14.5 Å². The Hall–Kier alpha value is -4.59. The first-order valence-corrected chi connectivity index (χ1v) is 14.2. The predicted molar refractivity (Wildman–Crippen MR) is 155 cm³/mol. The Kier molecular flexibility index (Phi) is 8.81. The Labute approximate surface area is 252 Å². The molecular weight excluding hydrogens is 605 g/mol. The molecular formula is C30H24F5N5O3S. The fourth-order valence-electron chi connectivity index (χ4n) is 4.59. The third-order valence-electron chi connectivity index (χ3n) is 6.65. The maximum Gasteiger partial charge on any atom is 0.573 e. The molecule has 1 saturated heterocycles. The Morgan fingerprint density at radius 2 is 1.68 bits per heavy atom. The fourth-order valence-corrected chi connectivity index (χ4v) is 5.46. The van der Waals surface area contributed by atoms with Crippen LogP contribution < -0.4 is 9.64 Å². The third-order valence-corrected chi connectivity index (χ3v) is 7.57. The standard InChI is InChI=1S/C30H24F5N5O3S/c1-17-4-3-5-18(2)27(17)40-25(42)15-44-29(40)37-24(41)14-23(31)26(32)19-6-8-20(9-7-19)28-36-16-39(38-28)21-10-12-22(13-11-21)43-30(33,34)35/h3-13,16,23,26H,14-15H2,1-2H3. The van der Waals surface area contributed by atoms with Crippen LogP contribution in [0.15, 0.2) is 78.0 Å². The summed E-state index contributed by atoms with van der Waals surface area (Å²) in [7, 11) is 0. The number of aryl methyl sites for hydroxylation is 2. The summed E-state index contributed by atoms with van der Waals surface area (Å²) < 4.78 is 72.3. The quantitative estimate of drug-likeness (QED) is 0.198. The van der Waals surface area contributed by atoms with Crippen molar-refractivity contribution in [1.29, 1.82) is 0 Å². The van der Waals surface area contributed by atoms with Gasteiger partial charge in [0, 0.05) is 5.56 Å². The van der Waals surface area contributed by atoms with E-state index >= 15 is 4.39 Å². The molecule has 1 aliphatic heterocycles. The molecule has 0 spiro atoms. The maximum atomic E-state index is 15.0. The molecule has 0 N–H and O–H groups in total. The normalized spacial score (nSPS) is 15.9. The lowest BCUT2D eigenvalue weighted by atomic mass is 10.0. The number of amides is 2. The average molecular weight is 630 g/mol. The van der Waals surface area contributed by atoms with Crippen LogP contribution in [0.3, 0.4) is 0 Å². The second kappa shape index (κ2) is 12.6. The van der Waals surface area contributed by atoms with Crippen LogP contribution in [-0.4, -0.2) is 50.0 Å². The Bertz CT molecular complexity index is 1690. The van der Waals surface area contributed by atoms with E-state index in [0.29, 0.717) is 16.9 Å². The molecule has 8 nitrogen and oxygen atoms in total. The molecule has 1 aromatic heterocycles. The van der Waals surface area contributed by atoms with E-state index < -0.39 is 31.0 Å². The molecule has 2 heterocycles. The minimum Gasteiger partial charge on any atom is -0.406 e. The maximum absolute atomic E-state index is 15.0. The summed E-state index contributed by atoms with van der Waals surface area (Å²) in [6.07, 6.45) is -8.58. The molecule has 0 radical (unpaired) electrons. The number of carbonyl (C=O) groups is 2. The Balaban J connectivity index is 1.23. The summed E-state index contributed by atoms with van der Waals surface area (Å²) in [5, 5.41) is 4.41. The Morgan fingerprint density at radius 3 is 2.32 bits per heavy atom. The summed E-state index contributed by atoms with van der Waals surface area (Å²) in [4.78, 5) is 34.7. The van der Waals surface area contributed by atoms with Crippen LogP contribution in [0.4, 0.5) is 27.6 Å². The molecule has 44 heavy (non-hydrogen) atoms. The second-order valence-corrected chi connectivity index (χ2v) is 10.8. The smallest absolute Gasteiger partial charge is 0.406 e. The molecule has 0 aliphatic carbocycles. The van der Waals surface area contributed by atoms with Gasteiger partial charge in [-0.15, -0.1) is 18.3 Å². The lowest BCUT2D eigenvalue weighted by molar-refractivity contribution is -0.274. The number of hydrogen-bond donors (Lipinski definition) is 0. The number of thioether (sulfide) groups is 1. The average Bonchev–Trinajstić information content (AvgIpc) is 3.60. The van der Waals surface area contributed by atoms with E-state index in [1.807, 2.05) is 32.0 Å². The first-order valence-electron chi connectivity index (χ1n) is 13.2. The minimum atomic E-state index is -4.81. The van der Waals surface area contributed by atoms with E-state index in [-0.39, 0.29) is 34.0 Å². The molecule has 2 atom stereocenters. The highest BCUT2D eigenvalue weighted by molar-refractivity contribution is 8.15. The zero-order valence-corrected chi connectivity index (χ0v) is 24.1. The highest BCUT2D eigenvalue weighted by Crippen LogP contribution is 2.33. The van der Waals surface area contributed by atoms with Gasteiger partial charge < -0.3 is 4.74 Å². The molecule has 1 aliphatic rings. The van der Waals surface area contributed by atoms with E-state index in [4.69, 9.17) is 0 Å². The summed E-state index contributed by atoms with van der Waals surface area (Å²) in [6, 6.07) is 16.2. The van der Waals surface area contributed by atoms with Crippen molar-refractivity contribution >= 4 is 34.4 Å². The molecule has 2 amide bonds. The van der Waals surface area contributed by atoms with Crippen LogP contribution in [0, 0.1) is 13.8 Å². The molecule has 1 fully saturated rings. The first kappa shape index (κ1) is 30.9. The Morgan fingerprint density at radius 1 is 1.02 bits per heavy atom. The molecule has 2 unspecified atom stereocenters. The number of para-hydroxylation sites is 1. The number of anilines is 1. The lowest BCUT2D eigenvalue weighted by Gasteiger charge is -2.20. The van der Waals surface area contributed by atoms with Gasteiger partial charge in [0.2, 0.25) is 5.91 Å². The zero-order chi connectivity index (χ0) is 31.6. The van der Waals surface area contributed by atoms with Crippen LogP contribution in [0.1, 0.15) is 29.3 Å². The topological polar surface area (TPSA) is 89.7 Å². The number of aromatic nitrogens is 3. The van der Waals surface area contributed by atoms with Crippen molar-refractivity contribution in [3.8, 4) is 22.8 Å². The molecule has 14 heteroatoms. The molecule has 228 valence electrons. The van der Waals surface area contributed by atoms with Crippen molar-refractivity contribution in [1.82, 2.24) is 14.8 Å². The van der Waals surface area contributed by atoms with E-state index in [1.165, 1.54) is 52.3 Å². The van der Waals surface area contributed by atoms with Gasteiger partial charge in [-0.1, -0.05) is 54.2 Å². The highest BCUT2D eigenvalue weighted by atomic mass is 32.2. The van der Waals surface area contributed by atoms with Crippen LogP contribution in [0.5, 0.6) is 5.75 Å². The van der Waals surface area contributed by atoms with Gasteiger partial charge in [-0.2, -0.15) is 4.99 Å². The van der Waals surface area contributed by atoms with Crippen molar-refractivity contribution in [3.05, 3.63) is 89.7 Å². The molecule has 5 rings (SSSR count). The third kappa shape index (κ3) is 6.96. The lowest BCUT2D eigenvalue weighted by Crippen LogP contribution is -2.31. The van der Waals surface area contributed by atoms with Gasteiger partial charge >= 0.3 is 6.36 Å². The predicted octanol–water partition coefficient (Wildman–Crippen LogP) is 6.85. The number of aliphatic imine (C=N–C) groups is 1. The van der Waals surface area contributed by atoms with Crippen LogP contribution in [-0.2, 0) is 9.59 Å². The minimum absolute atomic E-state index is 0.0102. The summed E-state index contributed by atoms with van der Waals surface area (Å²) in [5.41, 5.74) is 3.12. The van der Waals surface area contributed by atoms with Gasteiger partial charge in [0.25, 0.3) is 5.91 Å². The highest BCUT2D eigenvalue weighted by Gasteiger charge is 2.33. The zero-order valence-electron chi connectivity index (χ0n) is 23.3. The van der Waals surface area contributed by atoms with Crippen molar-refractivity contribution in [2.24, 2.45) is 4.99 Å². The van der Waals surface area contributed by atoms with E-state index in [0.717, 1.165) is 35.0 Å². The van der Waals surface area contributed by atoms with E-state index in [2.05, 4.69) is 19.8 Å². The van der Waals surface area contributed by atoms with Crippen LogP contribution in [0.2, 0.25) is 0 Å². The number of halogens is 5. The van der Waals surface area contributed by atoms with Gasteiger partial charge in [0.05, 0.1) is 23.5 Å². The first-order chi connectivity index (χ1) is 20.9. The number of alkyl halides is 5. The van der Waals surface area contributed by atoms with E-state index in [9.17, 15) is 27.2 Å². The number of carbonyl (C=O) groups excluding carboxylic acids is 2. The number of ether oxygens (including phenoxy) is 1. The number of nitrogens with zero attached hydrogens (tertiary/aromatic N) is 5. The number of amidine groups is 1. The second-order valence-electron chi connectivity index (χ2n) is 9.84. The number of hydrogen-bond acceptors (Lipinski definition) is 6. The SMILES string of the molecule is Cc1cccc(C)c1N1C(=O)CSC1=NC(=O)CC(F)C(F)c1ccc(-c2ncn(-c3ccc(OC(F)(F)F)cc3)n2)cc1. The monoisotopic (exact) mass is 629 g/mol. The number of benzene rings is 3. The largest absolute Gasteiger partial charge is 0.573 e. The van der Waals surface area contributed by atoms with Gasteiger partial charge in [-0.25, -0.2) is 18.4 Å². The molecule has 3 aromatic carbocycles. The van der Waals surface area contributed by atoms with Crippen LogP contribution in [0.25, 0.3) is 17.1 Å². The number of rotatable bonds is 8. The van der Waals surface area contributed by atoms with Crippen molar-refractivity contribution in [3.63, 3.8) is 0 Å². The van der Waals surface area contributed by atoms with E-state index in [1.54, 1.807) is 0 Å². The van der Waals surface area contributed by atoms with Gasteiger partial charge in [-0.05, 0) is 54.8 Å². The van der Waals surface area contributed by atoms with Crippen molar-refractivity contribution in [2.45, 2.75) is 39.0 Å². The molecule has 4 aromatic rings. The van der Waals surface area contributed by atoms with Crippen LogP contribution >= 0.6 is 11.8 Å². The summed E-state index contributed by atoms with van der Waals surface area (Å²) >= 11 is 1.06. The van der Waals surface area contributed by atoms with Gasteiger partial charge in [0.1, 0.15) is 18.2 Å². The van der Waals surface area contributed by atoms with Crippen molar-refractivity contribution in [2.75, 3.05) is 10.7 Å². The summed E-state index contributed by atoms with van der Waals surface area (Å²) in [6.45, 7) is 3.66. The van der Waals surface area contributed by atoms with Gasteiger partial charge in [0.15, 0.2) is 17.2 Å². The summed E-state index contributed by atoms with van der Waals surface area (Å²) in [5.74, 6) is -1.22. The van der Waals surface area contributed by atoms with Crippen molar-refractivity contribution < 1.29 is 36.3 Å². The molecule has 0 bridgehead atoms. The molecule has 0 saturated carbocycles.